The molecule has 0 aromatic carbocycles. The van der Waals surface area contributed by atoms with Gasteiger partial charge in [0, 0.05) is 12.8 Å². The van der Waals surface area contributed by atoms with E-state index in [-0.39, 0.29) is 12.2 Å². The Morgan fingerprint density at radius 3 is 2.56 bits per heavy atom. The van der Waals surface area contributed by atoms with E-state index in [0.29, 0.717) is 25.2 Å². The van der Waals surface area contributed by atoms with Gasteiger partial charge in [0.1, 0.15) is 5.78 Å². The fraction of sp³-hybridized carbons (Fsp3) is 0.933. The minimum atomic E-state index is -0.260. The number of Topliss-reactive ketones (excluding diaryl/α,β-unsaturated/α-hetero) is 1. The van der Waals surface area contributed by atoms with Gasteiger partial charge in [-0.3, -0.25) is 4.79 Å². The van der Waals surface area contributed by atoms with Crippen LogP contribution >= 0.6 is 0 Å². The molecule has 18 heavy (non-hydrogen) atoms. The number of rotatable bonds is 9. The van der Waals surface area contributed by atoms with E-state index >= 15 is 0 Å². The van der Waals surface area contributed by atoms with Crippen LogP contribution in [0.15, 0.2) is 0 Å². The molecule has 1 N–H and O–H groups in total. The van der Waals surface area contributed by atoms with Crippen LogP contribution in [0.3, 0.4) is 0 Å². The quantitative estimate of drug-likeness (QED) is 0.644. The SMILES string of the molecule is CCCCCC(=O)CC1(OCCO)CCCCC1. The molecule has 0 heterocycles. The van der Waals surface area contributed by atoms with E-state index in [0.717, 1.165) is 44.9 Å². The van der Waals surface area contributed by atoms with Crippen LogP contribution < -0.4 is 0 Å². The Labute approximate surface area is 111 Å². The number of aliphatic hydroxyl groups is 1. The molecule has 0 radical (unpaired) electrons. The number of unbranched alkanes of at least 4 members (excludes halogenated alkanes) is 2. The van der Waals surface area contributed by atoms with Crippen molar-refractivity contribution in [1.29, 1.82) is 0 Å². The van der Waals surface area contributed by atoms with E-state index in [1.807, 2.05) is 0 Å². The van der Waals surface area contributed by atoms with Crippen molar-refractivity contribution < 1.29 is 14.6 Å². The first-order valence-corrected chi connectivity index (χ1v) is 7.49. The fourth-order valence-corrected chi connectivity index (χ4v) is 2.85. The van der Waals surface area contributed by atoms with Crippen LogP contribution in [-0.2, 0) is 9.53 Å². The van der Waals surface area contributed by atoms with Crippen LogP contribution in [-0.4, -0.2) is 29.7 Å². The molecule has 0 aromatic rings. The molecule has 1 aliphatic carbocycles. The molecule has 0 bridgehead atoms. The Hall–Kier alpha value is -0.410. The first kappa shape index (κ1) is 15.6. The van der Waals surface area contributed by atoms with Crippen molar-refractivity contribution in [3.63, 3.8) is 0 Å². The van der Waals surface area contributed by atoms with Crippen molar-refractivity contribution >= 4 is 5.78 Å². The first-order valence-electron chi connectivity index (χ1n) is 7.49. The normalized spacial score (nSPS) is 18.8. The second kappa shape index (κ2) is 8.65. The van der Waals surface area contributed by atoms with Gasteiger partial charge in [0.25, 0.3) is 0 Å². The summed E-state index contributed by atoms with van der Waals surface area (Å²) in [6.07, 6.45) is 10.0. The summed E-state index contributed by atoms with van der Waals surface area (Å²) in [5.41, 5.74) is -0.260. The van der Waals surface area contributed by atoms with Crippen LogP contribution in [0.4, 0.5) is 0 Å². The highest BCUT2D eigenvalue weighted by Crippen LogP contribution is 2.35. The summed E-state index contributed by atoms with van der Waals surface area (Å²) in [4.78, 5) is 12.0. The Kier molecular flexibility index (Phi) is 7.52. The van der Waals surface area contributed by atoms with E-state index in [1.165, 1.54) is 6.42 Å². The molecule has 0 spiro atoms. The van der Waals surface area contributed by atoms with Crippen LogP contribution in [0.2, 0.25) is 0 Å². The maximum absolute atomic E-state index is 12.0. The lowest BCUT2D eigenvalue weighted by atomic mass is 9.80. The lowest BCUT2D eigenvalue weighted by Crippen LogP contribution is -2.38. The maximum Gasteiger partial charge on any atom is 0.135 e. The smallest absolute Gasteiger partial charge is 0.135 e. The lowest BCUT2D eigenvalue weighted by Gasteiger charge is -2.36. The molecular formula is C15H28O3. The molecule has 0 aromatic heterocycles. The third kappa shape index (κ3) is 5.49. The first-order chi connectivity index (χ1) is 8.72. The summed E-state index contributed by atoms with van der Waals surface area (Å²) >= 11 is 0. The number of ketones is 1. The molecule has 3 heteroatoms. The van der Waals surface area contributed by atoms with Crippen LogP contribution in [0.1, 0.15) is 71.1 Å². The number of ether oxygens (including phenoxy) is 1. The van der Waals surface area contributed by atoms with Gasteiger partial charge in [0.2, 0.25) is 0 Å². The minimum Gasteiger partial charge on any atom is -0.394 e. The van der Waals surface area contributed by atoms with E-state index in [1.54, 1.807) is 0 Å². The number of carbonyl (C=O) groups is 1. The molecule has 1 rings (SSSR count). The van der Waals surface area contributed by atoms with Gasteiger partial charge in [-0.2, -0.15) is 0 Å². The molecule has 1 aliphatic rings. The van der Waals surface area contributed by atoms with Gasteiger partial charge >= 0.3 is 0 Å². The minimum absolute atomic E-state index is 0.0474. The van der Waals surface area contributed by atoms with Gasteiger partial charge in [-0.25, -0.2) is 0 Å². The van der Waals surface area contributed by atoms with Crippen LogP contribution in [0.5, 0.6) is 0 Å². The van der Waals surface area contributed by atoms with Gasteiger partial charge in [-0.05, 0) is 19.3 Å². The zero-order valence-corrected chi connectivity index (χ0v) is 11.7. The van der Waals surface area contributed by atoms with Gasteiger partial charge < -0.3 is 9.84 Å². The Bertz CT molecular complexity index is 232. The molecule has 0 atom stereocenters. The predicted molar refractivity (Wildman–Crippen MR) is 72.6 cm³/mol. The van der Waals surface area contributed by atoms with E-state index < -0.39 is 0 Å². The molecular weight excluding hydrogens is 228 g/mol. The third-order valence-corrected chi connectivity index (χ3v) is 3.84. The van der Waals surface area contributed by atoms with Crippen molar-refractivity contribution in [2.75, 3.05) is 13.2 Å². The highest BCUT2D eigenvalue weighted by atomic mass is 16.5. The zero-order chi connectivity index (χ0) is 13.3. The Balaban J connectivity index is 2.41. The number of carbonyl (C=O) groups excluding carboxylic acids is 1. The fourth-order valence-electron chi connectivity index (χ4n) is 2.85. The summed E-state index contributed by atoms with van der Waals surface area (Å²) in [6.45, 7) is 2.56. The van der Waals surface area contributed by atoms with E-state index in [4.69, 9.17) is 9.84 Å². The molecule has 0 aliphatic heterocycles. The highest BCUT2D eigenvalue weighted by Gasteiger charge is 2.34. The summed E-state index contributed by atoms with van der Waals surface area (Å²) in [7, 11) is 0. The van der Waals surface area contributed by atoms with Crippen molar-refractivity contribution in [1.82, 2.24) is 0 Å². The third-order valence-electron chi connectivity index (χ3n) is 3.84. The van der Waals surface area contributed by atoms with Crippen LogP contribution in [0, 0.1) is 0 Å². The summed E-state index contributed by atoms with van der Waals surface area (Å²) in [6, 6.07) is 0. The van der Waals surface area contributed by atoms with Gasteiger partial charge in [0.15, 0.2) is 0 Å². The molecule has 1 saturated carbocycles. The summed E-state index contributed by atoms with van der Waals surface area (Å²) < 4.78 is 5.83. The Morgan fingerprint density at radius 1 is 1.22 bits per heavy atom. The van der Waals surface area contributed by atoms with Gasteiger partial charge in [-0.15, -0.1) is 0 Å². The zero-order valence-electron chi connectivity index (χ0n) is 11.7. The van der Waals surface area contributed by atoms with Crippen molar-refractivity contribution in [2.24, 2.45) is 0 Å². The second-order valence-corrected chi connectivity index (χ2v) is 5.49. The Morgan fingerprint density at radius 2 is 1.94 bits per heavy atom. The summed E-state index contributed by atoms with van der Waals surface area (Å²) in [5, 5.41) is 8.91. The van der Waals surface area contributed by atoms with Crippen LogP contribution in [0.25, 0.3) is 0 Å². The van der Waals surface area contributed by atoms with Gasteiger partial charge in [-0.1, -0.05) is 39.0 Å². The van der Waals surface area contributed by atoms with Crippen molar-refractivity contribution in [2.45, 2.75) is 76.7 Å². The van der Waals surface area contributed by atoms with Crippen molar-refractivity contribution in [3.8, 4) is 0 Å². The summed E-state index contributed by atoms with van der Waals surface area (Å²) in [5.74, 6) is 0.336. The topological polar surface area (TPSA) is 46.5 Å². The molecule has 0 saturated heterocycles. The lowest BCUT2D eigenvalue weighted by molar-refractivity contribution is -0.132. The second-order valence-electron chi connectivity index (χ2n) is 5.49. The molecule has 106 valence electrons. The number of hydrogen-bond donors (Lipinski definition) is 1. The molecule has 0 unspecified atom stereocenters. The monoisotopic (exact) mass is 256 g/mol. The average Bonchev–Trinajstić information content (AvgIpc) is 2.38. The van der Waals surface area contributed by atoms with E-state index in [2.05, 4.69) is 6.92 Å². The molecule has 1 fully saturated rings. The largest absolute Gasteiger partial charge is 0.394 e. The molecule has 0 amide bonds. The maximum atomic E-state index is 12.0. The van der Waals surface area contributed by atoms with E-state index in [9.17, 15) is 4.79 Å². The molecule has 3 nitrogen and oxygen atoms in total. The predicted octanol–water partition coefficient (Wildman–Crippen LogP) is 3.24. The number of hydrogen-bond acceptors (Lipinski definition) is 3. The average molecular weight is 256 g/mol. The number of aliphatic hydroxyl groups excluding tert-OH is 1. The standard InChI is InChI=1S/C15H28O3/c1-2-3-5-8-14(17)13-15(18-12-11-16)9-6-4-7-10-15/h16H,2-13H2,1H3. The van der Waals surface area contributed by atoms with Gasteiger partial charge in [0.05, 0.1) is 18.8 Å². The highest BCUT2D eigenvalue weighted by molar-refractivity contribution is 5.79. The van der Waals surface area contributed by atoms with Crippen molar-refractivity contribution in [3.05, 3.63) is 0 Å².